The number of piperidine rings is 1. The van der Waals surface area contributed by atoms with E-state index >= 15 is 0 Å². The minimum Gasteiger partial charge on any atom is -0.492 e. The Balaban J connectivity index is 1.51. The van der Waals surface area contributed by atoms with Crippen LogP contribution in [0.3, 0.4) is 0 Å². The average molecular weight is 355 g/mol. The molecule has 3 rings (SSSR count). The summed E-state index contributed by atoms with van der Waals surface area (Å²) in [6.07, 6.45) is 3.46. The van der Waals surface area contributed by atoms with Gasteiger partial charge in [-0.2, -0.15) is 0 Å². The van der Waals surface area contributed by atoms with Crippen LogP contribution in [0.25, 0.3) is 0 Å². The van der Waals surface area contributed by atoms with Crippen LogP contribution in [0.5, 0.6) is 11.5 Å². The van der Waals surface area contributed by atoms with E-state index in [1.807, 2.05) is 55.1 Å². The zero-order chi connectivity index (χ0) is 18.4. The first-order valence-electron chi connectivity index (χ1n) is 9.02. The summed E-state index contributed by atoms with van der Waals surface area (Å²) in [4.78, 5) is 18.6. The number of aromatic nitrogens is 1. The molecule has 2 heterocycles. The molecule has 0 radical (unpaired) electrons. The van der Waals surface area contributed by atoms with Crippen molar-refractivity contribution >= 4 is 11.7 Å². The lowest BCUT2D eigenvalue weighted by Gasteiger charge is -2.32. The highest BCUT2D eigenvalue weighted by atomic mass is 16.5. The first-order chi connectivity index (χ1) is 12.7. The quantitative estimate of drug-likeness (QED) is 0.884. The number of benzene rings is 1. The summed E-state index contributed by atoms with van der Waals surface area (Å²) in [5.74, 6) is 1.47. The number of amides is 2. The molecule has 0 spiro atoms. The first-order valence-corrected chi connectivity index (χ1v) is 9.02. The molecule has 1 aliphatic rings. The molecule has 1 aromatic heterocycles. The molecule has 1 aliphatic heterocycles. The monoisotopic (exact) mass is 355 g/mol. The Morgan fingerprint density at radius 1 is 1.23 bits per heavy atom. The number of aryl methyl sites for hydroxylation is 1. The van der Waals surface area contributed by atoms with Crippen molar-refractivity contribution in [1.29, 1.82) is 0 Å². The van der Waals surface area contributed by atoms with E-state index in [4.69, 9.17) is 9.47 Å². The van der Waals surface area contributed by atoms with Gasteiger partial charge in [0.2, 0.25) is 0 Å². The summed E-state index contributed by atoms with van der Waals surface area (Å²) >= 11 is 0. The van der Waals surface area contributed by atoms with Crippen LogP contribution in [0.4, 0.5) is 10.5 Å². The van der Waals surface area contributed by atoms with Crippen LogP contribution in [0.2, 0.25) is 0 Å². The zero-order valence-electron chi connectivity index (χ0n) is 15.3. The summed E-state index contributed by atoms with van der Waals surface area (Å²) < 4.78 is 11.5. The Labute approximate surface area is 154 Å². The SMILES string of the molecule is CCOc1ccccc1NC(=O)N1CCC(Oc2ccc(C)nc2)CC1. The largest absolute Gasteiger partial charge is 0.492 e. The van der Waals surface area contributed by atoms with Gasteiger partial charge in [-0.15, -0.1) is 0 Å². The third-order valence-electron chi connectivity index (χ3n) is 4.34. The van der Waals surface area contributed by atoms with Crippen LogP contribution < -0.4 is 14.8 Å². The minimum atomic E-state index is -0.104. The predicted octanol–water partition coefficient (Wildman–Crippen LogP) is 3.86. The fourth-order valence-electron chi connectivity index (χ4n) is 2.94. The van der Waals surface area contributed by atoms with Crippen molar-refractivity contribution in [1.82, 2.24) is 9.88 Å². The van der Waals surface area contributed by atoms with Gasteiger partial charge in [0, 0.05) is 31.6 Å². The number of ether oxygens (including phenoxy) is 2. The van der Waals surface area contributed by atoms with Gasteiger partial charge < -0.3 is 19.7 Å². The molecule has 26 heavy (non-hydrogen) atoms. The normalized spacial score (nSPS) is 14.8. The molecule has 1 N–H and O–H groups in total. The smallest absolute Gasteiger partial charge is 0.321 e. The van der Waals surface area contributed by atoms with E-state index < -0.39 is 0 Å². The highest BCUT2D eigenvalue weighted by molar-refractivity contribution is 5.91. The van der Waals surface area contributed by atoms with Gasteiger partial charge in [-0.1, -0.05) is 12.1 Å². The topological polar surface area (TPSA) is 63.7 Å². The Morgan fingerprint density at radius 3 is 2.69 bits per heavy atom. The van der Waals surface area contributed by atoms with Crippen molar-refractivity contribution in [2.24, 2.45) is 0 Å². The van der Waals surface area contributed by atoms with Crippen molar-refractivity contribution in [3.8, 4) is 11.5 Å². The standard InChI is InChI=1S/C20H25N3O3/c1-3-25-19-7-5-4-6-18(19)22-20(24)23-12-10-16(11-13-23)26-17-9-8-15(2)21-14-17/h4-9,14,16H,3,10-13H2,1-2H3,(H,22,24). The van der Waals surface area contributed by atoms with E-state index in [0.717, 1.165) is 24.3 Å². The summed E-state index contributed by atoms with van der Waals surface area (Å²) in [5, 5.41) is 2.95. The number of nitrogens with zero attached hydrogens (tertiary/aromatic N) is 2. The van der Waals surface area contributed by atoms with Gasteiger partial charge in [-0.3, -0.25) is 4.98 Å². The number of carbonyl (C=O) groups is 1. The van der Waals surface area contributed by atoms with E-state index in [2.05, 4.69) is 10.3 Å². The number of nitrogens with one attached hydrogen (secondary N) is 1. The maximum atomic E-state index is 12.5. The number of carbonyl (C=O) groups excluding carboxylic acids is 1. The maximum Gasteiger partial charge on any atom is 0.321 e. The molecule has 0 atom stereocenters. The second-order valence-corrected chi connectivity index (χ2v) is 6.30. The number of anilines is 1. The number of likely N-dealkylation sites (tertiary alicyclic amines) is 1. The summed E-state index contributed by atoms with van der Waals surface area (Å²) in [5.41, 5.74) is 1.67. The molecule has 1 aromatic carbocycles. The van der Waals surface area contributed by atoms with Gasteiger partial charge in [0.1, 0.15) is 17.6 Å². The highest BCUT2D eigenvalue weighted by Gasteiger charge is 2.24. The molecule has 6 heteroatoms. The first kappa shape index (κ1) is 18.0. The second kappa shape index (κ2) is 8.56. The number of urea groups is 1. The van der Waals surface area contributed by atoms with Crippen molar-refractivity contribution in [2.75, 3.05) is 25.0 Å². The molecular formula is C20H25N3O3. The van der Waals surface area contributed by atoms with Crippen LogP contribution in [-0.4, -0.2) is 41.7 Å². The molecule has 138 valence electrons. The van der Waals surface area contributed by atoms with Gasteiger partial charge in [0.05, 0.1) is 18.5 Å². The van der Waals surface area contributed by atoms with Crippen LogP contribution >= 0.6 is 0 Å². The summed E-state index contributed by atoms with van der Waals surface area (Å²) in [7, 11) is 0. The summed E-state index contributed by atoms with van der Waals surface area (Å²) in [6.45, 7) is 5.75. The molecule has 0 aliphatic carbocycles. The van der Waals surface area contributed by atoms with E-state index in [1.54, 1.807) is 6.20 Å². The Bertz CT molecular complexity index is 725. The molecular weight excluding hydrogens is 330 g/mol. The fraction of sp³-hybridized carbons (Fsp3) is 0.400. The van der Waals surface area contributed by atoms with Crippen molar-refractivity contribution < 1.29 is 14.3 Å². The van der Waals surface area contributed by atoms with E-state index in [-0.39, 0.29) is 12.1 Å². The van der Waals surface area contributed by atoms with E-state index in [0.29, 0.717) is 31.1 Å². The number of hydrogen-bond acceptors (Lipinski definition) is 4. The predicted molar refractivity (Wildman–Crippen MR) is 101 cm³/mol. The lowest BCUT2D eigenvalue weighted by atomic mass is 10.1. The number of pyridine rings is 1. The van der Waals surface area contributed by atoms with Crippen molar-refractivity contribution in [3.05, 3.63) is 48.3 Å². The third kappa shape index (κ3) is 4.65. The molecule has 2 aromatic rings. The van der Waals surface area contributed by atoms with Crippen molar-refractivity contribution in [2.45, 2.75) is 32.8 Å². The summed E-state index contributed by atoms with van der Waals surface area (Å²) in [6, 6.07) is 11.3. The number of hydrogen-bond donors (Lipinski definition) is 1. The molecule has 0 unspecified atom stereocenters. The number of para-hydroxylation sites is 2. The van der Waals surface area contributed by atoms with Crippen LogP contribution in [-0.2, 0) is 0 Å². The van der Waals surface area contributed by atoms with Gasteiger partial charge in [-0.05, 0) is 38.1 Å². The molecule has 0 saturated carbocycles. The average Bonchev–Trinajstić information content (AvgIpc) is 2.66. The zero-order valence-corrected chi connectivity index (χ0v) is 15.3. The third-order valence-corrected chi connectivity index (χ3v) is 4.34. The molecule has 6 nitrogen and oxygen atoms in total. The van der Waals surface area contributed by atoms with Crippen LogP contribution in [0, 0.1) is 6.92 Å². The lowest BCUT2D eigenvalue weighted by Crippen LogP contribution is -2.43. The minimum absolute atomic E-state index is 0.104. The van der Waals surface area contributed by atoms with Gasteiger partial charge >= 0.3 is 6.03 Å². The lowest BCUT2D eigenvalue weighted by molar-refractivity contribution is 0.115. The number of rotatable bonds is 5. The van der Waals surface area contributed by atoms with Crippen LogP contribution in [0.15, 0.2) is 42.6 Å². The Hall–Kier alpha value is -2.76. The highest BCUT2D eigenvalue weighted by Crippen LogP contribution is 2.25. The van der Waals surface area contributed by atoms with Gasteiger partial charge in [0.25, 0.3) is 0 Å². The molecule has 1 saturated heterocycles. The Kier molecular flexibility index (Phi) is 5.94. The van der Waals surface area contributed by atoms with E-state index in [1.165, 1.54) is 0 Å². The second-order valence-electron chi connectivity index (χ2n) is 6.30. The maximum absolute atomic E-state index is 12.5. The van der Waals surface area contributed by atoms with E-state index in [9.17, 15) is 4.79 Å². The van der Waals surface area contributed by atoms with Crippen molar-refractivity contribution in [3.63, 3.8) is 0 Å². The van der Waals surface area contributed by atoms with Gasteiger partial charge in [-0.25, -0.2) is 4.79 Å². The van der Waals surface area contributed by atoms with Gasteiger partial charge in [0.15, 0.2) is 0 Å². The molecule has 0 bridgehead atoms. The fourth-order valence-corrected chi connectivity index (χ4v) is 2.94. The Morgan fingerprint density at radius 2 is 2.00 bits per heavy atom. The molecule has 1 fully saturated rings. The molecule has 2 amide bonds. The van der Waals surface area contributed by atoms with Crippen LogP contribution in [0.1, 0.15) is 25.5 Å².